The van der Waals surface area contributed by atoms with Gasteiger partial charge in [-0.25, -0.2) is 0 Å². The second-order valence-electron chi connectivity index (χ2n) is 7.53. The Hall–Kier alpha value is 0.270. The Bertz CT molecular complexity index is 297. The highest BCUT2D eigenvalue weighted by atomic mass is 32.2. The first kappa shape index (κ1) is 16.6. The molecule has 4 unspecified atom stereocenters. The smallest absolute Gasteiger partial charge is 0.0332 e. The Morgan fingerprint density at radius 3 is 2.35 bits per heavy atom. The van der Waals surface area contributed by atoms with Gasteiger partial charge in [0.1, 0.15) is 0 Å². The lowest BCUT2D eigenvalue weighted by Crippen LogP contribution is -2.58. The van der Waals surface area contributed by atoms with Crippen LogP contribution < -0.4 is 5.73 Å². The predicted octanol–water partition coefficient (Wildman–Crippen LogP) is 3.75. The zero-order chi connectivity index (χ0) is 14.8. The molecule has 1 saturated carbocycles. The molecule has 1 heterocycles. The highest BCUT2D eigenvalue weighted by Gasteiger charge is 2.40. The lowest BCUT2D eigenvalue weighted by atomic mass is 9.85. The molecule has 0 radical (unpaired) electrons. The van der Waals surface area contributed by atoms with Crippen LogP contribution >= 0.6 is 11.8 Å². The Morgan fingerprint density at radius 2 is 1.80 bits per heavy atom. The highest BCUT2D eigenvalue weighted by molar-refractivity contribution is 8.00. The minimum absolute atomic E-state index is 0.299. The zero-order valence-electron chi connectivity index (χ0n) is 13.9. The van der Waals surface area contributed by atoms with Crippen molar-refractivity contribution in [2.45, 2.75) is 75.8 Å². The summed E-state index contributed by atoms with van der Waals surface area (Å²) in [6.45, 7) is 12.9. The van der Waals surface area contributed by atoms with Crippen LogP contribution in [0.2, 0.25) is 0 Å². The molecule has 0 spiro atoms. The lowest BCUT2D eigenvalue weighted by molar-refractivity contribution is 0.0745. The average Bonchev–Trinajstić information content (AvgIpc) is 2.60. The van der Waals surface area contributed by atoms with E-state index in [1.165, 1.54) is 45.2 Å². The maximum Gasteiger partial charge on any atom is 0.0332 e. The first-order chi connectivity index (χ1) is 9.47. The van der Waals surface area contributed by atoms with E-state index in [1.54, 1.807) is 0 Å². The average molecular weight is 299 g/mol. The summed E-state index contributed by atoms with van der Waals surface area (Å²) >= 11 is 2.15. The summed E-state index contributed by atoms with van der Waals surface area (Å²) in [5.41, 5.74) is 6.60. The van der Waals surface area contributed by atoms with Crippen molar-refractivity contribution in [2.24, 2.45) is 17.6 Å². The molecule has 0 bridgehead atoms. The summed E-state index contributed by atoms with van der Waals surface area (Å²) in [6.07, 6.45) is 6.79. The van der Waals surface area contributed by atoms with Crippen molar-refractivity contribution >= 4 is 11.8 Å². The van der Waals surface area contributed by atoms with Crippen LogP contribution in [0.15, 0.2) is 0 Å². The fourth-order valence-corrected chi connectivity index (χ4v) is 5.62. The second kappa shape index (κ2) is 7.02. The van der Waals surface area contributed by atoms with E-state index in [1.807, 2.05) is 0 Å². The Labute approximate surface area is 130 Å². The third-order valence-electron chi connectivity index (χ3n) is 5.61. The molecule has 1 aliphatic carbocycles. The van der Waals surface area contributed by atoms with Crippen molar-refractivity contribution in [3.05, 3.63) is 0 Å². The van der Waals surface area contributed by atoms with E-state index in [0.29, 0.717) is 5.54 Å². The summed E-state index contributed by atoms with van der Waals surface area (Å²) in [7, 11) is 0. The predicted molar refractivity (Wildman–Crippen MR) is 91.3 cm³/mol. The Morgan fingerprint density at radius 1 is 1.15 bits per heavy atom. The quantitative estimate of drug-likeness (QED) is 0.805. The third kappa shape index (κ3) is 3.72. The van der Waals surface area contributed by atoms with Gasteiger partial charge in [-0.05, 0) is 31.1 Å². The molecule has 2 nitrogen and oxygen atoms in total. The van der Waals surface area contributed by atoms with Crippen molar-refractivity contribution in [3.63, 3.8) is 0 Å². The van der Waals surface area contributed by atoms with Crippen LogP contribution in [0.5, 0.6) is 0 Å². The van der Waals surface area contributed by atoms with Crippen molar-refractivity contribution in [1.82, 2.24) is 4.90 Å². The van der Waals surface area contributed by atoms with Gasteiger partial charge < -0.3 is 5.73 Å². The van der Waals surface area contributed by atoms with Gasteiger partial charge in [0.25, 0.3) is 0 Å². The fraction of sp³-hybridized carbons (Fsp3) is 1.00. The van der Waals surface area contributed by atoms with Crippen LogP contribution in [-0.2, 0) is 0 Å². The van der Waals surface area contributed by atoms with Crippen LogP contribution in [0.25, 0.3) is 0 Å². The normalized spacial score (nSPS) is 40.8. The number of thioether (sulfide) groups is 1. The van der Waals surface area contributed by atoms with Gasteiger partial charge in [-0.3, -0.25) is 4.90 Å². The Kier molecular flexibility index (Phi) is 5.84. The lowest BCUT2D eigenvalue weighted by Gasteiger charge is -2.48. The molecule has 20 heavy (non-hydrogen) atoms. The molecule has 2 rings (SSSR count). The standard InChI is InChI=1S/C17H34N2S/c1-13(2)16-6-5-8-17(12-18,9-7-16)19-10-14(3)20-15(4)11-19/h13-16H,5-12,18H2,1-4H3. The minimum atomic E-state index is 0.299. The van der Waals surface area contributed by atoms with Gasteiger partial charge in [0, 0.05) is 35.7 Å². The molecule has 1 aliphatic heterocycles. The molecule has 0 aromatic rings. The highest BCUT2D eigenvalue weighted by Crippen LogP contribution is 2.39. The SMILES string of the molecule is CC1CN(C2(CN)CCCC(C(C)C)CC2)CC(C)S1. The van der Waals surface area contributed by atoms with Crippen LogP contribution in [0, 0.1) is 11.8 Å². The summed E-state index contributed by atoms with van der Waals surface area (Å²) in [5, 5.41) is 1.51. The molecule has 4 atom stereocenters. The van der Waals surface area contributed by atoms with Crippen LogP contribution in [0.3, 0.4) is 0 Å². The van der Waals surface area contributed by atoms with Gasteiger partial charge in [-0.2, -0.15) is 11.8 Å². The molecule has 2 fully saturated rings. The summed E-state index contributed by atoms with van der Waals surface area (Å²) in [4.78, 5) is 2.77. The minimum Gasteiger partial charge on any atom is -0.329 e. The maximum absolute atomic E-state index is 6.30. The molecule has 118 valence electrons. The molecule has 3 heteroatoms. The van der Waals surface area contributed by atoms with E-state index in [0.717, 1.165) is 28.9 Å². The number of hydrogen-bond donors (Lipinski definition) is 1. The molecule has 0 amide bonds. The van der Waals surface area contributed by atoms with Gasteiger partial charge in [0.2, 0.25) is 0 Å². The van der Waals surface area contributed by atoms with Crippen LogP contribution in [0.4, 0.5) is 0 Å². The fourth-order valence-electron chi connectivity index (χ4n) is 4.30. The van der Waals surface area contributed by atoms with Crippen LogP contribution in [-0.4, -0.2) is 40.6 Å². The Balaban J connectivity index is 2.08. The van der Waals surface area contributed by atoms with Gasteiger partial charge in [-0.1, -0.05) is 40.5 Å². The van der Waals surface area contributed by atoms with E-state index in [2.05, 4.69) is 44.4 Å². The molecule has 2 N–H and O–H groups in total. The molecule has 1 saturated heterocycles. The van der Waals surface area contributed by atoms with E-state index < -0.39 is 0 Å². The molecule has 0 aromatic carbocycles. The molecular formula is C17H34N2S. The van der Waals surface area contributed by atoms with E-state index >= 15 is 0 Å². The van der Waals surface area contributed by atoms with E-state index in [9.17, 15) is 0 Å². The van der Waals surface area contributed by atoms with Gasteiger partial charge in [0.15, 0.2) is 0 Å². The zero-order valence-corrected chi connectivity index (χ0v) is 14.7. The molecular weight excluding hydrogens is 264 g/mol. The summed E-state index contributed by atoms with van der Waals surface area (Å²) in [5.74, 6) is 1.75. The number of nitrogens with zero attached hydrogens (tertiary/aromatic N) is 1. The first-order valence-corrected chi connectivity index (χ1v) is 9.51. The van der Waals surface area contributed by atoms with Crippen molar-refractivity contribution in [2.75, 3.05) is 19.6 Å². The molecule has 0 aromatic heterocycles. The summed E-state index contributed by atoms with van der Waals surface area (Å²) in [6, 6.07) is 0. The topological polar surface area (TPSA) is 29.3 Å². The van der Waals surface area contributed by atoms with E-state index in [-0.39, 0.29) is 0 Å². The summed E-state index contributed by atoms with van der Waals surface area (Å²) < 4.78 is 0. The first-order valence-electron chi connectivity index (χ1n) is 8.57. The largest absolute Gasteiger partial charge is 0.329 e. The number of hydrogen-bond acceptors (Lipinski definition) is 3. The van der Waals surface area contributed by atoms with Crippen LogP contribution in [0.1, 0.15) is 59.8 Å². The van der Waals surface area contributed by atoms with Crippen molar-refractivity contribution in [1.29, 1.82) is 0 Å². The third-order valence-corrected chi connectivity index (χ3v) is 6.84. The number of rotatable bonds is 3. The van der Waals surface area contributed by atoms with Crippen molar-refractivity contribution in [3.8, 4) is 0 Å². The number of nitrogens with two attached hydrogens (primary N) is 1. The second-order valence-corrected chi connectivity index (χ2v) is 9.41. The van der Waals surface area contributed by atoms with Crippen molar-refractivity contribution < 1.29 is 0 Å². The van der Waals surface area contributed by atoms with Gasteiger partial charge in [0.05, 0.1) is 0 Å². The maximum atomic E-state index is 6.30. The molecule has 2 aliphatic rings. The van der Waals surface area contributed by atoms with E-state index in [4.69, 9.17) is 5.73 Å². The van der Waals surface area contributed by atoms with Gasteiger partial charge in [-0.15, -0.1) is 0 Å². The monoisotopic (exact) mass is 298 g/mol. The van der Waals surface area contributed by atoms with Gasteiger partial charge >= 0.3 is 0 Å².